The Hall–Kier alpha value is -2.10. The van der Waals surface area contributed by atoms with Gasteiger partial charge in [-0.05, 0) is 43.9 Å². The molecular weight excluding hydrogens is 343 g/mol. The van der Waals surface area contributed by atoms with Crippen molar-refractivity contribution >= 4 is 29.0 Å². The fraction of sp³-hybridized carbons (Fsp3) is 0.444. The lowest BCUT2D eigenvalue weighted by Gasteiger charge is -2.24. The molecule has 1 aliphatic heterocycles. The smallest absolute Gasteiger partial charge is 0.269 e. The van der Waals surface area contributed by atoms with Crippen molar-refractivity contribution < 1.29 is 4.39 Å². The molecule has 0 radical (unpaired) electrons. The minimum atomic E-state index is -0.320. The summed E-state index contributed by atoms with van der Waals surface area (Å²) in [7, 11) is 0. The van der Waals surface area contributed by atoms with Crippen LogP contribution in [0.3, 0.4) is 0 Å². The Balaban J connectivity index is 0.00000182. The highest BCUT2D eigenvalue weighted by molar-refractivity contribution is 5.89. The van der Waals surface area contributed by atoms with Gasteiger partial charge in [0.05, 0.1) is 11.2 Å². The number of aryl methyl sites for hydroxylation is 1. The van der Waals surface area contributed by atoms with Gasteiger partial charge < -0.3 is 15.2 Å². The molecule has 0 spiro atoms. The maximum atomic E-state index is 14.8. The Morgan fingerprint density at radius 3 is 2.60 bits per heavy atom. The number of nitrogens with two attached hydrogens (primary N) is 1. The summed E-state index contributed by atoms with van der Waals surface area (Å²) in [6.07, 6.45) is 2.68. The van der Waals surface area contributed by atoms with Gasteiger partial charge in [-0.15, -0.1) is 12.4 Å². The summed E-state index contributed by atoms with van der Waals surface area (Å²) in [6.45, 7) is 3.19. The number of pyridine rings is 1. The molecular formula is C18H20ClFN4O. The highest BCUT2D eigenvalue weighted by Gasteiger charge is 2.30. The molecule has 1 aromatic carbocycles. The van der Waals surface area contributed by atoms with Gasteiger partial charge in [0.15, 0.2) is 0 Å². The average Bonchev–Trinajstić information content (AvgIpc) is 3.29. The summed E-state index contributed by atoms with van der Waals surface area (Å²) in [5, 5.41) is 9.83. The Labute approximate surface area is 151 Å². The van der Waals surface area contributed by atoms with E-state index in [-0.39, 0.29) is 41.4 Å². The number of rotatable bonds is 2. The van der Waals surface area contributed by atoms with E-state index in [1.807, 2.05) is 17.9 Å². The lowest BCUT2D eigenvalue weighted by molar-refractivity contribution is 0.622. The number of nitriles is 1. The second kappa shape index (κ2) is 6.32. The molecule has 0 amide bonds. The number of benzene rings is 1. The second-order valence-electron chi connectivity index (χ2n) is 6.84. The van der Waals surface area contributed by atoms with E-state index in [2.05, 4.69) is 0 Å². The van der Waals surface area contributed by atoms with Gasteiger partial charge in [-0.3, -0.25) is 4.79 Å². The van der Waals surface area contributed by atoms with Crippen LogP contribution in [0.4, 0.5) is 10.1 Å². The summed E-state index contributed by atoms with van der Waals surface area (Å²) in [5.41, 5.74) is 7.81. The fourth-order valence-corrected chi connectivity index (χ4v) is 3.80. The zero-order chi connectivity index (χ0) is 17.0. The first-order valence-corrected chi connectivity index (χ1v) is 8.30. The lowest BCUT2D eigenvalue weighted by Crippen LogP contribution is -2.28. The van der Waals surface area contributed by atoms with Gasteiger partial charge in [0.25, 0.3) is 5.56 Å². The zero-order valence-electron chi connectivity index (χ0n) is 14.0. The van der Waals surface area contributed by atoms with Crippen LogP contribution in [0.5, 0.6) is 0 Å². The number of hydrogen-bond acceptors (Lipinski definition) is 4. The first-order chi connectivity index (χ1) is 11.5. The summed E-state index contributed by atoms with van der Waals surface area (Å²) in [6, 6.07) is 5.06. The van der Waals surface area contributed by atoms with Crippen molar-refractivity contribution in [1.29, 1.82) is 5.26 Å². The summed E-state index contributed by atoms with van der Waals surface area (Å²) in [4.78, 5) is 14.6. The maximum absolute atomic E-state index is 14.8. The molecule has 4 rings (SSSR count). The van der Waals surface area contributed by atoms with Crippen molar-refractivity contribution in [3.63, 3.8) is 0 Å². The number of anilines is 1. The first-order valence-electron chi connectivity index (χ1n) is 8.30. The second-order valence-corrected chi connectivity index (χ2v) is 6.84. The molecule has 7 heteroatoms. The van der Waals surface area contributed by atoms with Crippen LogP contribution in [-0.2, 0) is 0 Å². The molecule has 1 atom stereocenters. The van der Waals surface area contributed by atoms with Crippen molar-refractivity contribution in [2.24, 2.45) is 5.73 Å². The first kappa shape index (κ1) is 17.7. The molecule has 1 aliphatic carbocycles. The van der Waals surface area contributed by atoms with Gasteiger partial charge in [0.1, 0.15) is 17.4 Å². The predicted octanol–water partition coefficient (Wildman–Crippen LogP) is 2.61. The van der Waals surface area contributed by atoms with Crippen molar-refractivity contribution in [3.8, 4) is 6.07 Å². The van der Waals surface area contributed by atoms with Crippen LogP contribution in [0.2, 0.25) is 0 Å². The summed E-state index contributed by atoms with van der Waals surface area (Å²) < 4.78 is 16.5. The van der Waals surface area contributed by atoms with Crippen LogP contribution in [-0.4, -0.2) is 23.7 Å². The Morgan fingerprint density at radius 1 is 1.32 bits per heavy atom. The molecule has 0 unspecified atom stereocenters. The van der Waals surface area contributed by atoms with Crippen LogP contribution in [0.1, 0.15) is 36.4 Å². The molecule has 25 heavy (non-hydrogen) atoms. The topological polar surface area (TPSA) is 75.1 Å². The Morgan fingerprint density at radius 2 is 2.04 bits per heavy atom. The van der Waals surface area contributed by atoms with Crippen LogP contribution < -0.4 is 16.2 Å². The van der Waals surface area contributed by atoms with E-state index in [0.717, 1.165) is 30.3 Å². The molecule has 2 fully saturated rings. The molecule has 1 saturated heterocycles. The number of hydrogen-bond donors (Lipinski definition) is 1. The van der Waals surface area contributed by atoms with Gasteiger partial charge in [-0.1, -0.05) is 0 Å². The molecule has 2 aliphatic rings. The molecule has 2 N–H and O–H groups in total. The average molecular weight is 363 g/mol. The van der Waals surface area contributed by atoms with Crippen LogP contribution >= 0.6 is 12.4 Å². The van der Waals surface area contributed by atoms with Crippen LogP contribution in [0.25, 0.3) is 10.9 Å². The third-order valence-corrected chi connectivity index (χ3v) is 5.06. The molecule has 1 saturated carbocycles. The molecule has 132 valence electrons. The minimum Gasteiger partial charge on any atom is -0.367 e. The van der Waals surface area contributed by atoms with Crippen molar-refractivity contribution in [3.05, 3.63) is 39.4 Å². The molecule has 1 aromatic heterocycles. The number of halogens is 2. The number of fused-ring (bicyclic) bond motifs is 1. The van der Waals surface area contributed by atoms with E-state index in [1.165, 1.54) is 12.1 Å². The maximum Gasteiger partial charge on any atom is 0.269 e. The van der Waals surface area contributed by atoms with E-state index in [9.17, 15) is 14.4 Å². The molecule has 2 heterocycles. The van der Waals surface area contributed by atoms with Gasteiger partial charge in [-0.25, -0.2) is 4.39 Å². The van der Waals surface area contributed by atoms with Gasteiger partial charge in [-0.2, -0.15) is 5.26 Å². The standard InChI is InChI=1S/C18H19FN4O.ClH/c1-10-16-11(6-12(8-20)18(24)23(16)14-2-3-14)7-15(19)17(10)22-5-4-13(21)9-22;/h6-7,13-14H,2-5,9,21H2,1H3;1H/t13-;/m0./s1. The van der Waals surface area contributed by atoms with E-state index in [1.54, 1.807) is 4.57 Å². The lowest BCUT2D eigenvalue weighted by atomic mass is 10.0. The van der Waals surface area contributed by atoms with Crippen molar-refractivity contribution in [2.75, 3.05) is 18.0 Å². The van der Waals surface area contributed by atoms with Crippen molar-refractivity contribution in [1.82, 2.24) is 4.57 Å². The van der Waals surface area contributed by atoms with Gasteiger partial charge >= 0.3 is 0 Å². The quantitative estimate of drug-likeness (QED) is 0.891. The third kappa shape index (κ3) is 2.78. The highest BCUT2D eigenvalue weighted by Crippen LogP contribution is 2.39. The van der Waals surface area contributed by atoms with E-state index in [0.29, 0.717) is 24.2 Å². The normalized spacial score (nSPS) is 19.8. The summed E-state index contributed by atoms with van der Waals surface area (Å²) >= 11 is 0. The fourth-order valence-electron chi connectivity index (χ4n) is 3.80. The van der Waals surface area contributed by atoms with E-state index < -0.39 is 0 Å². The molecule has 5 nitrogen and oxygen atoms in total. The predicted molar refractivity (Wildman–Crippen MR) is 97.9 cm³/mol. The van der Waals surface area contributed by atoms with Gasteiger partial charge in [0.2, 0.25) is 0 Å². The highest BCUT2D eigenvalue weighted by atomic mass is 35.5. The van der Waals surface area contributed by atoms with Crippen LogP contribution in [0, 0.1) is 24.1 Å². The Kier molecular flexibility index (Phi) is 4.48. The Bertz CT molecular complexity index is 945. The number of nitrogens with zero attached hydrogens (tertiary/aromatic N) is 3. The minimum absolute atomic E-state index is 0. The molecule has 2 aromatic rings. The summed E-state index contributed by atoms with van der Waals surface area (Å²) in [5.74, 6) is -0.320. The number of aromatic nitrogens is 1. The van der Waals surface area contributed by atoms with Gasteiger partial charge in [0, 0.05) is 30.6 Å². The molecule has 0 bridgehead atoms. The van der Waals surface area contributed by atoms with Crippen LogP contribution in [0.15, 0.2) is 16.9 Å². The SMILES string of the molecule is Cc1c(N2CC[C@H](N)C2)c(F)cc2cc(C#N)c(=O)n(C3CC3)c12.Cl. The van der Waals surface area contributed by atoms with E-state index in [4.69, 9.17) is 5.73 Å². The monoisotopic (exact) mass is 362 g/mol. The van der Waals surface area contributed by atoms with Crippen molar-refractivity contribution in [2.45, 2.75) is 38.3 Å². The van der Waals surface area contributed by atoms with E-state index >= 15 is 0 Å². The zero-order valence-corrected chi connectivity index (χ0v) is 14.8. The largest absolute Gasteiger partial charge is 0.367 e. The third-order valence-electron chi connectivity index (χ3n) is 5.06.